The molecule has 1 N–H and O–H groups in total. The number of alkyl halides is 3. The number of rotatable bonds is 6. The molecule has 0 aliphatic carbocycles. The first-order valence-electron chi connectivity index (χ1n) is 6.12. The third kappa shape index (κ3) is 6.47. The predicted molar refractivity (Wildman–Crippen MR) is 74.1 cm³/mol. The van der Waals surface area contributed by atoms with Gasteiger partial charge in [-0.25, -0.2) is 0 Å². The molecule has 1 aromatic carbocycles. The summed E-state index contributed by atoms with van der Waals surface area (Å²) in [5.74, 6) is 0.183. The highest BCUT2D eigenvalue weighted by atomic mass is 79.9. The van der Waals surface area contributed by atoms with Crippen molar-refractivity contribution in [2.75, 3.05) is 6.54 Å². The summed E-state index contributed by atoms with van der Waals surface area (Å²) >= 11 is 3.03. The van der Waals surface area contributed by atoms with Crippen LogP contribution in [0.3, 0.4) is 0 Å². The summed E-state index contributed by atoms with van der Waals surface area (Å²) in [5.41, 5.74) is 0. The molecular formula is C13H17BrF3NO2. The molecule has 0 saturated carbocycles. The Balaban J connectivity index is 2.63. The smallest absolute Gasteiger partial charge is 0.489 e. The van der Waals surface area contributed by atoms with Gasteiger partial charge < -0.3 is 14.8 Å². The minimum atomic E-state index is -4.71. The molecule has 0 saturated heterocycles. The molecule has 0 radical (unpaired) electrons. The average Bonchev–Trinajstić information content (AvgIpc) is 2.28. The van der Waals surface area contributed by atoms with Crippen LogP contribution in [0.15, 0.2) is 22.7 Å². The monoisotopic (exact) mass is 355 g/mol. The van der Waals surface area contributed by atoms with Gasteiger partial charge in [0.25, 0.3) is 0 Å². The van der Waals surface area contributed by atoms with Crippen molar-refractivity contribution >= 4 is 15.9 Å². The molecule has 7 heteroatoms. The summed E-state index contributed by atoms with van der Waals surface area (Å²) in [6.45, 7) is 6.57. The third-order valence-corrected chi connectivity index (χ3v) is 2.90. The van der Waals surface area contributed by atoms with E-state index in [0.29, 0.717) is 18.3 Å². The highest BCUT2D eigenvalue weighted by Crippen LogP contribution is 2.33. The molecule has 0 amide bonds. The maximum Gasteiger partial charge on any atom is 0.573 e. The summed E-state index contributed by atoms with van der Waals surface area (Å²) in [5, 5.41) is 3.21. The lowest BCUT2D eigenvalue weighted by Crippen LogP contribution is -2.33. The molecular weight excluding hydrogens is 339 g/mol. The van der Waals surface area contributed by atoms with Crippen molar-refractivity contribution in [3.05, 3.63) is 22.7 Å². The van der Waals surface area contributed by atoms with Gasteiger partial charge in [0.05, 0.1) is 4.47 Å². The van der Waals surface area contributed by atoms with E-state index in [0.717, 1.165) is 0 Å². The van der Waals surface area contributed by atoms with Gasteiger partial charge in [-0.1, -0.05) is 13.8 Å². The zero-order chi connectivity index (χ0) is 15.3. The van der Waals surface area contributed by atoms with E-state index >= 15 is 0 Å². The van der Waals surface area contributed by atoms with Crippen molar-refractivity contribution in [1.82, 2.24) is 5.32 Å². The van der Waals surface area contributed by atoms with Crippen LogP contribution >= 0.6 is 15.9 Å². The van der Waals surface area contributed by atoms with E-state index in [9.17, 15) is 13.2 Å². The summed E-state index contributed by atoms with van der Waals surface area (Å²) in [6.07, 6.45) is -4.81. The Kier molecular flexibility index (Phi) is 6.13. The van der Waals surface area contributed by atoms with Crippen LogP contribution in [0.5, 0.6) is 11.5 Å². The highest BCUT2D eigenvalue weighted by Gasteiger charge is 2.32. The van der Waals surface area contributed by atoms with Gasteiger partial charge in [-0.05, 0) is 41.1 Å². The van der Waals surface area contributed by atoms with Crippen LogP contribution in [-0.2, 0) is 0 Å². The van der Waals surface area contributed by atoms with Crippen LogP contribution in [0.2, 0.25) is 0 Å². The molecule has 1 rings (SSSR count). The lowest BCUT2D eigenvalue weighted by atomic mass is 10.3. The Morgan fingerprint density at radius 2 is 1.90 bits per heavy atom. The Morgan fingerprint density at radius 1 is 1.25 bits per heavy atom. The fourth-order valence-electron chi connectivity index (χ4n) is 1.44. The fraction of sp³-hybridized carbons (Fsp3) is 0.538. The Hall–Kier alpha value is -0.950. The third-order valence-electron chi connectivity index (χ3n) is 2.28. The first kappa shape index (κ1) is 17.1. The normalized spacial score (nSPS) is 13.4. The van der Waals surface area contributed by atoms with Crippen molar-refractivity contribution in [3.63, 3.8) is 0 Å². The zero-order valence-corrected chi connectivity index (χ0v) is 13.0. The molecule has 1 atom stereocenters. The minimum absolute atomic E-state index is 0.0984. The Morgan fingerprint density at radius 3 is 2.40 bits per heavy atom. The zero-order valence-electron chi connectivity index (χ0n) is 11.4. The second kappa shape index (κ2) is 7.17. The van der Waals surface area contributed by atoms with Crippen molar-refractivity contribution in [1.29, 1.82) is 0 Å². The van der Waals surface area contributed by atoms with E-state index in [1.807, 2.05) is 20.8 Å². The first-order chi connectivity index (χ1) is 9.17. The van der Waals surface area contributed by atoms with Gasteiger partial charge in [-0.2, -0.15) is 0 Å². The standard InChI is InChI=1S/C13H17BrF3NO2/c1-8(2)18-7-9(3)19-10-4-5-12(11(14)6-10)20-13(15,16)17/h4-6,8-9,18H,7H2,1-3H3. The lowest BCUT2D eigenvalue weighted by Gasteiger charge is -2.18. The lowest BCUT2D eigenvalue weighted by molar-refractivity contribution is -0.274. The summed E-state index contributed by atoms with van der Waals surface area (Å²) < 4.78 is 46.0. The fourth-order valence-corrected chi connectivity index (χ4v) is 1.88. The van der Waals surface area contributed by atoms with E-state index in [4.69, 9.17) is 4.74 Å². The van der Waals surface area contributed by atoms with Gasteiger partial charge in [0.15, 0.2) is 0 Å². The first-order valence-corrected chi connectivity index (χ1v) is 6.92. The maximum absolute atomic E-state index is 12.1. The molecule has 3 nitrogen and oxygen atoms in total. The van der Waals surface area contributed by atoms with E-state index in [2.05, 4.69) is 26.0 Å². The molecule has 20 heavy (non-hydrogen) atoms. The summed E-state index contributed by atoms with van der Waals surface area (Å²) in [4.78, 5) is 0. The predicted octanol–water partition coefficient (Wildman–Crippen LogP) is 4.11. The van der Waals surface area contributed by atoms with Gasteiger partial charge >= 0.3 is 6.36 Å². The van der Waals surface area contributed by atoms with Gasteiger partial charge in [0.1, 0.15) is 17.6 Å². The average molecular weight is 356 g/mol. The SMILES string of the molecule is CC(C)NCC(C)Oc1ccc(OC(F)(F)F)c(Br)c1. The number of halogens is 4. The van der Waals surface area contributed by atoms with Crippen LogP contribution in [-0.4, -0.2) is 25.1 Å². The molecule has 114 valence electrons. The van der Waals surface area contributed by atoms with Gasteiger partial charge in [-0.3, -0.25) is 0 Å². The second-order valence-corrected chi connectivity index (χ2v) is 5.49. The van der Waals surface area contributed by atoms with Gasteiger partial charge in [-0.15, -0.1) is 13.2 Å². The number of ether oxygens (including phenoxy) is 2. The molecule has 0 spiro atoms. The van der Waals surface area contributed by atoms with Crippen LogP contribution in [0.25, 0.3) is 0 Å². The second-order valence-electron chi connectivity index (χ2n) is 4.63. The number of hydrogen-bond acceptors (Lipinski definition) is 3. The summed E-state index contributed by atoms with van der Waals surface area (Å²) in [6, 6.07) is 4.45. The molecule has 1 aromatic rings. The van der Waals surface area contributed by atoms with Crippen molar-refractivity contribution < 1.29 is 22.6 Å². The van der Waals surface area contributed by atoms with Crippen molar-refractivity contribution in [2.24, 2.45) is 0 Å². The van der Waals surface area contributed by atoms with Gasteiger partial charge in [0.2, 0.25) is 0 Å². The molecule has 0 fully saturated rings. The topological polar surface area (TPSA) is 30.5 Å². The van der Waals surface area contributed by atoms with Crippen LogP contribution < -0.4 is 14.8 Å². The van der Waals surface area contributed by atoms with E-state index in [1.165, 1.54) is 18.2 Å². The molecule has 0 aromatic heterocycles. The summed E-state index contributed by atoms with van der Waals surface area (Å²) in [7, 11) is 0. The highest BCUT2D eigenvalue weighted by molar-refractivity contribution is 9.10. The Bertz CT molecular complexity index is 438. The number of hydrogen-bond donors (Lipinski definition) is 1. The van der Waals surface area contributed by atoms with E-state index in [-0.39, 0.29) is 16.3 Å². The van der Waals surface area contributed by atoms with Crippen molar-refractivity contribution in [2.45, 2.75) is 39.3 Å². The molecule has 0 heterocycles. The van der Waals surface area contributed by atoms with E-state index in [1.54, 1.807) is 0 Å². The van der Waals surface area contributed by atoms with Crippen LogP contribution in [0.4, 0.5) is 13.2 Å². The van der Waals surface area contributed by atoms with Gasteiger partial charge in [0, 0.05) is 12.6 Å². The largest absolute Gasteiger partial charge is 0.573 e. The van der Waals surface area contributed by atoms with E-state index < -0.39 is 6.36 Å². The number of benzene rings is 1. The number of nitrogens with one attached hydrogen (secondary N) is 1. The van der Waals surface area contributed by atoms with Crippen LogP contribution in [0, 0.1) is 0 Å². The maximum atomic E-state index is 12.1. The molecule has 1 unspecified atom stereocenters. The molecule has 0 bridgehead atoms. The molecule has 0 aliphatic heterocycles. The quantitative estimate of drug-likeness (QED) is 0.832. The minimum Gasteiger partial charge on any atom is -0.489 e. The Labute approximate surface area is 124 Å². The molecule has 0 aliphatic rings. The van der Waals surface area contributed by atoms with Crippen LogP contribution in [0.1, 0.15) is 20.8 Å². The van der Waals surface area contributed by atoms with Crippen molar-refractivity contribution in [3.8, 4) is 11.5 Å².